The molecule has 0 saturated heterocycles. The van der Waals surface area contributed by atoms with Gasteiger partial charge < -0.3 is 0 Å². The summed E-state index contributed by atoms with van der Waals surface area (Å²) in [5, 5.41) is 1.13. The molecule has 1 nitrogen and oxygen atoms in total. The van der Waals surface area contributed by atoms with E-state index >= 15 is 0 Å². The second kappa shape index (κ2) is 6.64. The third kappa shape index (κ3) is 4.09. The standard InChI is InChI=1S/C18H18Cl2O/c1-11-6-12(2)17(13(3)7-11)10-16(21)8-14-4-5-15(19)9-18(14)20/h4-7,9H,8,10H2,1-3H3. The van der Waals surface area contributed by atoms with E-state index in [-0.39, 0.29) is 5.78 Å². The van der Waals surface area contributed by atoms with Crippen molar-refractivity contribution < 1.29 is 4.79 Å². The first-order valence-corrected chi connectivity index (χ1v) is 7.64. The normalized spacial score (nSPS) is 10.7. The Labute approximate surface area is 135 Å². The summed E-state index contributed by atoms with van der Waals surface area (Å²) in [5.74, 6) is 0.161. The number of carbonyl (C=O) groups is 1. The van der Waals surface area contributed by atoms with E-state index < -0.39 is 0 Å². The molecule has 0 fully saturated rings. The number of halogens is 2. The Morgan fingerprint density at radius 2 is 1.57 bits per heavy atom. The Balaban J connectivity index is 2.16. The monoisotopic (exact) mass is 320 g/mol. The van der Waals surface area contributed by atoms with Crippen LogP contribution in [-0.2, 0) is 17.6 Å². The number of rotatable bonds is 4. The molecule has 0 bridgehead atoms. The molecular weight excluding hydrogens is 303 g/mol. The van der Waals surface area contributed by atoms with Crippen molar-refractivity contribution in [1.82, 2.24) is 0 Å². The smallest absolute Gasteiger partial charge is 0.141 e. The fraction of sp³-hybridized carbons (Fsp3) is 0.278. The van der Waals surface area contributed by atoms with Gasteiger partial charge in [0.15, 0.2) is 0 Å². The van der Waals surface area contributed by atoms with E-state index in [1.165, 1.54) is 16.7 Å². The number of Topliss-reactive ketones (excluding diaryl/α,β-unsaturated/α-hetero) is 1. The fourth-order valence-electron chi connectivity index (χ4n) is 2.63. The van der Waals surface area contributed by atoms with Gasteiger partial charge in [0, 0.05) is 22.9 Å². The minimum Gasteiger partial charge on any atom is -0.299 e. The highest BCUT2D eigenvalue weighted by atomic mass is 35.5. The first-order valence-electron chi connectivity index (χ1n) is 6.89. The molecule has 0 saturated carbocycles. The summed E-state index contributed by atoms with van der Waals surface area (Å²) < 4.78 is 0. The number of hydrogen-bond donors (Lipinski definition) is 0. The van der Waals surface area contributed by atoms with E-state index in [0.717, 1.165) is 11.1 Å². The SMILES string of the molecule is Cc1cc(C)c(CC(=O)Cc2ccc(Cl)cc2Cl)c(C)c1. The van der Waals surface area contributed by atoms with Crippen LogP contribution in [0.4, 0.5) is 0 Å². The molecule has 0 unspecified atom stereocenters. The largest absolute Gasteiger partial charge is 0.299 e. The van der Waals surface area contributed by atoms with E-state index in [2.05, 4.69) is 32.9 Å². The van der Waals surface area contributed by atoms with Gasteiger partial charge in [-0.1, -0.05) is 47.0 Å². The van der Waals surface area contributed by atoms with Gasteiger partial charge in [-0.25, -0.2) is 0 Å². The average molecular weight is 321 g/mol. The van der Waals surface area contributed by atoms with E-state index in [9.17, 15) is 4.79 Å². The van der Waals surface area contributed by atoms with Crippen molar-refractivity contribution >= 4 is 29.0 Å². The lowest BCUT2D eigenvalue weighted by Gasteiger charge is -2.11. The molecule has 0 heterocycles. The lowest BCUT2D eigenvalue weighted by molar-refractivity contribution is -0.117. The van der Waals surface area contributed by atoms with Gasteiger partial charge in [0.25, 0.3) is 0 Å². The summed E-state index contributed by atoms with van der Waals surface area (Å²) in [7, 11) is 0. The van der Waals surface area contributed by atoms with Crippen LogP contribution in [0, 0.1) is 20.8 Å². The van der Waals surface area contributed by atoms with E-state index in [4.69, 9.17) is 23.2 Å². The molecule has 2 aromatic rings. The molecule has 0 atom stereocenters. The number of carbonyl (C=O) groups excluding carboxylic acids is 1. The Kier molecular flexibility index (Phi) is 5.08. The van der Waals surface area contributed by atoms with Crippen molar-refractivity contribution in [2.24, 2.45) is 0 Å². The molecule has 0 amide bonds. The van der Waals surface area contributed by atoms with Crippen molar-refractivity contribution in [3.05, 3.63) is 68.2 Å². The van der Waals surface area contributed by atoms with Crippen molar-refractivity contribution in [1.29, 1.82) is 0 Å². The van der Waals surface area contributed by atoms with Gasteiger partial charge in [-0.05, 0) is 55.2 Å². The van der Waals surface area contributed by atoms with Crippen molar-refractivity contribution in [2.75, 3.05) is 0 Å². The van der Waals surface area contributed by atoms with Crippen LogP contribution in [0.3, 0.4) is 0 Å². The molecule has 0 aliphatic rings. The molecular formula is C18H18Cl2O. The predicted octanol–water partition coefficient (Wildman–Crippen LogP) is 5.27. The predicted molar refractivity (Wildman–Crippen MR) is 89.5 cm³/mol. The summed E-state index contributed by atoms with van der Waals surface area (Å²) in [5.41, 5.74) is 5.51. The lowest BCUT2D eigenvalue weighted by Crippen LogP contribution is -2.09. The molecule has 0 spiro atoms. The summed E-state index contributed by atoms with van der Waals surface area (Å²) >= 11 is 12.0. The second-order valence-electron chi connectivity index (χ2n) is 5.51. The maximum Gasteiger partial charge on any atom is 0.141 e. The maximum absolute atomic E-state index is 12.3. The molecule has 0 radical (unpaired) electrons. The zero-order valence-corrected chi connectivity index (χ0v) is 14.0. The zero-order valence-electron chi connectivity index (χ0n) is 12.5. The summed E-state index contributed by atoms with van der Waals surface area (Å²) in [6.07, 6.45) is 0.777. The van der Waals surface area contributed by atoms with Gasteiger partial charge in [-0.15, -0.1) is 0 Å². The minimum absolute atomic E-state index is 0.161. The highest BCUT2D eigenvalue weighted by molar-refractivity contribution is 6.35. The third-order valence-corrected chi connectivity index (χ3v) is 4.20. The van der Waals surface area contributed by atoms with Gasteiger partial charge in [-0.2, -0.15) is 0 Å². The van der Waals surface area contributed by atoms with Crippen LogP contribution >= 0.6 is 23.2 Å². The van der Waals surface area contributed by atoms with Gasteiger partial charge in [-0.3, -0.25) is 4.79 Å². The first-order chi connectivity index (χ1) is 9.86. The average Bonchev–Trinajstić information content (AvgIpc) is 2.37. The van der Waals surface area contributed by atoms with Crippen LogP contribution < -0.4 is 0 Å². The van der Waals surface area contributed by atoms with Crippen LogP contribution in [0.15, 0.2) is 30.3 Å². The number of ketones is 1. The van der Waals surface area contributed by atoms with Gasteiger partial charge in [0.05, 0.1) is 0 Å². The summed E-state index contributed by atoms with van der Waals surface area (Å²) in [4.78, 5) is 12.3. The fourth-order valence-corrected chi connectivity index (χ4v) is 3.10. The highest BCUT2D eigenvalue weighted by Crippen LogP contribution is 2.23. The highest BCUT2D eigenvalue weighted by Gasteiger charge is 2.12. The Bertz CT molecular complexity index is 667. The van der Waals surface area contributed by atoms with Crippen LogP contribution in [0.2, 0.25) is 10.0 Å². The van der Waals surface area contributed by atoms with Gasteiger partial charge in [0.2, 0.25) is 0 Å². The molecule has 21 heavy (non-hydrogen) atoms. The first kappa shape index (κ1) is 16.1. The summed E-state index contributed by atoms with van der Waals surface area (Å²) in [6.45, 7) is 6.18. The third-order valence-electron chi connectivity index (χ3n) is 3.62. The number of aryl methyl sites for hydroxylation is 3. The number of benzene rings is 2. The zero-order chi connectivity index (χ0) is 15.6. The van der Waals surface area contributed by atoms with E-state index in [1.54, 1.807) is 12.1 Å². The van der Waals surface area contributed by atoms with E-state index in [1.807, 2.05) is 6.07 Å². The Morgan fingerprint density at radius 3 is 2.14 bits per heavy atom. The maximum atomic E-state index is 12.3. The number of hydrogen-bond acceptors (Lipinski definition) is 1. The van der Waals surface area contributed by atoms with Gasteiger partial charge in [0.1, 0.15) is 5.78 Å². The minimum atomic E-state index is 0.161. The summed E-state index contributed by atoms with van der Waals surface area (Å²) in [6, 6.07) is 9.49. The Morgan fingerprint density at radius 1 is 0.952 bits per heavy atom. The quantitative estimate of drug-likeness (QED) is 0.749. The van der Waals surface area contributed by atoms with Crippen molar-refractivity contribution in [3.8, 4) is 0 Å². The van der Waals surface area contributed by atoms with Crippen LogP contribution in [0.25, 0.3) is 0 Å². The molecule has 2 aromatic carbocycles. The van der Waals surface area contributed by atoms with Gasteiger partial charge >= 0.3 is 0 Å². The van der Waals surface area contributed by atoms with Crippen molar-refractivity contribution in [3.63, 3.8) is 0 Å². The Hall–Kier alpha value is -1.31. The van der Waals surface area contributed by atoms with Crippen LogP contribution in [-0.4, -0.2) is 5.78 Å². The second-order valence-corrected chi connectivity index (χ2v) is 6.35. The molecule has 2 rings (SSSR count). The van der Waals surface area contributed by atoms with Crippen LogP contribution in [0.1, 0.15) is 27.8 Å². The van der Waals surface area contributed by atoms with Crippen molar-refractivity contribution in [2.45, 2.75) is 33.6 Å². The topological polar surface area (TPSA) is 17.1 Å². The van der Waals surface area contributed by atoms with Crippen LogP contribution in [0.5, 0.6) is 0 Å². The molecule has 110 valence electrons. The molecule has 0 aliphatic heterocycles. The molecule has 0 N–H and O–H groups in total. The van der Waals surface area contributed by atoms with E-state index in [0.29, 0.717) is 22.9 Å². The molecule has 0 aromatic heterocycles. The molecule has 0 aliphatic carbocycles. The molecule has 3 heteroatoms. The lowest BCUT2D eigenvalue weighted by atomic mass is 9.94.